The Morgan fingerprint density at radius 2 is 2.12 bits per heavy atom. The Morgan fingerprint density at radius 3 is 2.79 bits per heavy atom. The van der Waals surface area contributed by atoms with Crippen molar-refractivity contribution in [3.63, 3.8) is 0 Å². The number of aromatic nitrogens is 1. The van der Waals surface area contributed by atoms with Crippen LogP contribution in [0.5, 0.6) is 5.88 Å². The predicted molar refractivity (Wildman–Crippen MR) is 96.4 cm³/mol. The number of nitrogens with zero attached hydrogens (tertiary/aromatic N) is 2. The smallest absolute Gasteiger partial charge is 0.216 e. The fraction of sp³-hybridized carbons (Fsp3) is 0.750. The van der Waals surface area contributed by atoms with E-state index in [0.717, 1.165) is 31.2 Å². The third-order valence-electron chi connectivity index (χ3n) is 5.11. The Hall–Kier alpha value is -1.13. The number of likely N-dealkylation sites (tertiary alicyclic amines) is 1. The van der Waals surface area contributed by atoms with Crippen LogP contribution in [-0.4, -0.2) is 48.3 Å². The van der Waals surface area contributed by atoms with Gasteiger partial charge in [0.25, 0.3) is 0 Å². The maximum absolute atomic E-state index is 6.05. The van der Waals surface area contributed by atoms with Crippen LogP contribution < -0.4 is 4.74 Å². The van der Waals surface area contributed by atoms with Crippen molar-refractivity contribution < 1.29 is 9.47 Å². The summed E-state index contributed by atoms with van der Waals surface area (Å²) in [6.45, 7) is 13.7. The Balaban J connectivity index is 1.42. The number of rotatable bonds is 7. The standard InChI is InChI=1S/C20H32N2O2/c1-16-6-5-10-21-18(16)23-13-17-7-11-22(12-17)14-20(8-9-20)15-24-19(2,3)4/h5-6,10,17H,7-9,11-15H2,1-4H3/t17-/m0/s1. The van der Waals surface area contributed by atoms with E-state index in [1.165, 1.54) is 32.4 Å². The Bertz CT molecular complexity index is 549. The molecule has 1 atom stereocenters. The van der Waals surface area contributed by atoms with Crippen molar-refractivity contribution in [2.75, 3.05) is 32.8 Å². The number of pyridine rings is 1. The van der Waals surface area contributed by atoms with E-state index in [0.29, 0.717) is 11.3 Å². The second-order valence-electron chi connectivity index (χ2n) is 8.73. The molecule has 4 heteroatoms. The number of hydrogen-bond acceptors (Lipinski definition) is 4. The molecule has 1 aliphatic carbocycles. The predicted octanol–water partition coefficient (Wildman–Crippen LogP) is 3.69. The molecule has 134 valence electrons. The van der Waals surface area contributed by atoms with E-state index in [2.05, 4.69) is 43.6 Å². The molecule has 1 saturated carbocycles. The molecule has 1 aromatic heterocycles. The lowest BCUT2D eigenvalue weighted by Crippen LogP contribution is -2.34. The van der Waals surface area contributed by atoms with Gasteiger partial charge in [0.1, 0.15) is 0 Å². The van der Waals surface area contributed by atoms with Gasteiger partial charge in [-0.1, -0.05) is 6.07 Å². The SMILES string of the molecule is Cc1cccnc1OC[C@H]1CCN(CC2(COC(C)(C)C)CC2)C1. The lowest BCUT2D eigenvalue weighted by atomic mass is 10.1. The van der Waals surface area contributed by atoms with Gasteiger partial charge in [0.15, 0.2) is 0 Å². The van der Waals surface area contributed by atoms with Crippen molar-refractivity contribution in [1.82, 2.24) is 9.88 Å². The highest BCUT2D eigenvalue weighted by molar-refractivity contribution is 5.23. The van der Waals surface area contributed by atoms with Crippen LogP contribution in [0.2, 0.25) is 0 Å². The van der Waals surface area contributed by atoms with Crippen molar-refractivity contribution in [2.45, 2.75) is 52.6 Å². The van der Waals surface area contributed by atoms with E-state index in [-0.39, 0.29) is 5.60 Å². The van der Waals surface area contributed by atoms with Crippen LogP contribution in [0, 0.1) is 18.3 Å². The highest BCUT2D eigenvalue weighted by atomic mass is 16.5. The summed E-state index contributed by atoms with van der Waals surface area (Å²) in [5.74, 6) is 1.40. The molecule has 2 heterocycles. The topological polar surface area (TPSA) is 34.6 Å². The van der Waals surface area contributed by atoms with Crippen LogP contribution in [0.4, 0.5) is 0 Å². The minimum absolute atomic E-state index is 0.0302. The van der Waals surface area contributed by atoms with E-state index in [4.69, 9.17) is 9.47 Å². The summed E-state index contributed by atoms with van der Waals surface area (Å²) in [7, 11) is 0. The molecule has 2 fully saturated rings. The minimum atomic E-state index is -0.0302. The van der Waals surface area contributed by atoms with Gasteiger partial charge in [-0.25, -0.2) is 4.98 Å². The average Bonchev–Trinajstić information content (AvgIpc) is 3.14. The first kappa shape index (κ1) is 17.7. The summed E-state index contributed by atoms with van der Waals surface area (Å²) in [5, 5.41) is 0. The first-order valence-corrected chi connectivity index (χ1v) is 9.26. The molecule has 2 aliphatic rings. The molecule has 24 heavy (non-hydrogen) atoms. The normalized spacial score (nSPS) is 23.4. The van der Waals surface area contributed by atoms with Crippen LogP contribution in [0.15, 0.2) is 18.3 Å². The Morgan fingerprint density at radius 1 is 1.33 bits per heavy atom. The molecule has 3 rings (SSSR count). The first-order chi connectivity index (χ1) is 11.4. The van der Waals surface area contributed by atoms with Gasteiger partial charge in [0, 0.05) is 36.2 Å². The van der Waals surface area contributed by atoms with Crippen LogP contribution >= 0.6 is 0 Å². The van der Waals surface area contributed by atoms with Gasteiger partial charge >= 0.3 is 0 Å². The second-order valence-corrected chi connectivity index (χ2v) is 8.73. The largest absolute Gasteiger partial charge is 0.477 e. The van der Waals surface area contributed by atoms with E-state index in [9.17, 15) is 0 Å². The fourth-order valence-corrected chi connectivity index (χ4v) is 3.38. The monoisotopic (exact) mass is 332 g/mol. The van der Waals surface area contributed by atoms with Gasteiger partial charge in [0.05, 0.1) is 18.8 Å². The van der Waals surface area contributed by atoms with Crippen LogP contribution in [0.3, 0.4) is 0 Å². The van der Waals surface area contributed by atoms with Crippen LogP contribution in [-0.2, 0) is 4.74 Å². The Kier molecular flexibility index (Phi) is 5.16. The van der Waals surface area contributed by atoms with Crippen LogP contribution in [0.1, 0.15) is 45.6 Å². The van der Waals surface area contributed by atoms with Gasteiger partial charge in [-0.2, -0.15) is 0 Å². The van der Waals surface area contributed by atoms with Gasteiger partial charge in [-0.05, 0) is 59.6 Å². The number of hydrogen-bond donors (Lipinski definition) is 0. The van der Waals surface area contributed by atoms with Gasteiger partial charge < -0.3 is 14.4 Å². The summed E-state index contributed by atoms with van der Waals surface area (Å²) < 4.78 is 12.0. The van der Waals surface area contributed by atoms with E-state index < -0.39 is 0 Å². The van der Waals surface area contributed by atoms with E-state index in [1.807, 2.05) is 6.07 Å². The molecule has 1 saturated heterocycles. The lowest BCUT2D eigenvalue weighted by Gasteiger charge is -2.27. The quantitative estimate of drug-likeness (QED) is 0.763. The zero-order chi connectivity index (χ0) is 17.2. The van der Waals surface area contributed by atoms with Gasteiger partial charge in [-0.15, -0.1) is 0 Å². The average molecular weight is 332 g/mol. The molecule has 1 aromatic rings. The molecule has 0 spiro atoms. The molecule has 0 amide bonds. The summed E-state index contributed by atoms with van der Waals surface area (Å²) in [6.07, 6.45) is 5.65. The van der Waals surface area contributed by atoms with Crippen molar-refractivity contribution >= 4 is 0 Å². The summed E-state index contributed by atoms with van der Waals surface area (Å²) in [5.41, 5.74) is 1.50. The summed E-state index contributed by atoms with van der Waals surface area (Å²) >= 11 is 0. The van der Waals surface area contributed by atoms with Crippen molar-refractivity contribution in [2.24, 2.45) is 11.3 Å². The highest BCUT2D eigenvalue weighted by Gasteiger charge is 2.45. The minimum Gasteiger partial charge on any atom is -0.477 e. The third kappa shape index (κ3) is 4.93. The van der Waals surface area contributed by atoms with E-state index in [1.54, 1.807) is 6.20 Å². The zero-order valence-corrected chi connectivity index (χ0v) is 15.7. The maximum atomic E-state index is 6.05. The highest BCUT2D eigenvalue weighted by Crippen LogP contribution is 2.47. The lowest BCUT2D eigenvalue weighted by molar-refractivity contribution is -0.0331. The number of ether oxygens (including phenoxy) is 2. The van der Waals surface area contributed by atoms with Crippen molar-refractivity contribution in [3.8, 4) is 5.88 Å². The zero-order valence-electron chi connectivity index (χ0n) is 15.7. The summed E-state index contributed by atoms with van der Waals surface area (Å²) in [6, 6.07) is 4.00. The molecular formula is C20H32N2O2. The van der Waals surface area contributed by atoms with Crippen LogP contribution in [0.25, 0.3) is 0 Å². The molecule has 0 bridgehead atoms. The maximum Gasteiger partial charge on any atom is 0.216 e. The first-order valence-electron chi connectivity index (χ1n) is 9.26. The molecule has 1 aliphatic heterocycles. The summed E-state index contributed by atoms with van der Waals surface area (Å²) in [4.78, 5) is 6.93. The molecule has 0 aromatic carbocycles. The molecule has 4 nitrogen and oxygen atoms in total. The number of aryl methyl sites for hydroxylation is 1. The molecule has 0 radical (unpaired) electrons. The molecule has 0 N–H and O–H groups in total. The second kappa shape index (κ2) is 7.01. The Labute approximate surface area is 146 Å². The molecule has 0 unspecified atom stereocenters. The van der Waals surface area contributed by atoms with E-state index >= 15 is 0 Å². The van der Waals surface area contributed by atoms with Gasteiger partial charge in [-0.3, -0.25) is 0 Å². The van der Waals surface area contributed by atoms with Gasteiger partial charge in [0.2, 0.25) is 5.88 Å². The van der Waals surface area contributed by atoms with Crippen molar-refractivity contribution in [1.29, 1.82) is 0 Å². The molecular weight excluding hydrogens is 300 g/mol. The van der Waals surface area contributed by atoms with Crippen molar-refractivity contribution in [3.05, 3.63) is 23.9 Å². The fourth-order valence-electron chi connectivity index (χ4n) is 3.38. The third-order valence-corrected chi connectivity index (χ3v) is 5.11.